The van der Waals surface area contributed by atoms with Crippen molar-refractivity contribution in [2.45, 2.75) is 20.3 Å². The molecule has 0 radical (unpaired) electrons. The third-order valence-corrected chi connectivity index (χ3v) is 6.03. The molecule has 0 spiro atoms. The molecular weight excluding hydrogens is 424 g/mol. The summed E-state index contributed by atoms with van der Waals surface area (Å²) in [6.45, 7) is 6.69. The third kappa shape index (κ3) is 4.86. The maximum Gasteiger partial charge on any atom is 0.253 e. The van der Waals surface area contributed by atoms with Crippen LogP contribution in [0.5, 0.6) is 5.75 Å². The van der Waals surface area contributed by atoms with Gasteiger partial charge < -0.3 is 14.5 Å². The fraction of sp³-hybridized carbons (Fsp3) is 0.320. The van der Waals surface area contributed by atoms with Crippen LogP contribution in [0.4, 0.5) is 5.82 Å². The average molecular weight is 451 g/mol. The minimum atomic E-state index is 0.0352. The lowest BCUT2D eigenvalue weighted by Gasteiger charge is -2.36. The highest BCUT2D eigenvalue weighted by atomic mass is 35.5. The van der Waals surface area contributed by atoms with E-state index in [1.165, 1.54) is 0 Å². The molecule has 6 nitrogen and oxygen atoms in total. The van der Waals surface area contributed by atoms with Crippen LogP contribution in [0.3, 0.4) is 0 Å². The number of hydrogen-bond acceptors (Lipinski definition) is 5. The summed E-state index contributed by atoms with van der Waals surface area (Å²) in [5.41, 5.74) is 3.91. The third-order valence-electron chi connectivity index (χ3n) is 5.78. The van der Waals surface area contributed by atoms with Crippen molar-refractivity contribution >= 4 is 23.3 Å². The molecular formula is C25H27ClN4O2. The van der Waals surface area contributed by atoms with Crippen LogP contribution in [0.15, 0.2) is 48.5 Å². The van der Waals surface area contributed by atoms with Crippen LogP contribution in [-0.4, -0.2) is 54.1 Å². The Kier molecular flexibility index (Phi) is 6.61. The molecule has 0 saturated carbocycles. The second-order valence-electron chi connectivity index (χ2n) is 7.97. The molecule has 2 aromatic carbocycles. The van der Waals surface area contributed by atoms with Crippen molar-refractivity contribution in [2.24, 2.45) is 0 Å². The van der Waals surface area contributed by atoms with Gasteiger partial charge in [-0.25, -0.2) is 9.97 Å². The first-order valence-corrected chi connectivity index (χ1v) is 11.1. The van der Waals surface area contributed by atoms with Crippen LogP contribution in [0.2, 0.25) is 5.02 Å². The highest BCUT2D eigenvalue weighted by molar-refractivity contribution is 6.30. The number of ether oxygens (including phenoxy) is 1. The summed E-state index contributed by atoms with van der Waals surface area (Å²) in [4.78, 5) is 26.4. The van der Waals surface area contributed by atoms with Gasteiger partial charge in [0.05, 0.1) is 7.11 Å². The van der Waals surface area contributed by atoms with E-state index in [9.17, 15) is 4.79 Å². The Morgan fingerprint density at radius 1 is 1.03 bits per heavy atom. The lowest BCUT2D eigenvalue weighted by Crippen LogP contribution is -2.49. The monoisotopic (exact) mass is 450 g/mol. The maximum absolute atomic E-state index is 12.9. The van der Waals surface area contributed by atoms with E-state index in [1.807, 2.05) is 36.9 Å². The number of anilines is 1. The van der Waals surface area contributed by atoms with E-state index < -0.39 is 0 Å². The van der Waals surface area contributed by atoms with Gasteiger partial charge in [0.25, 0.3) is 5.91 Å². The zero-order chi connectivity index (χ0) is 22.7. The largest absolute Gasteiger partial charge is 0.497 e. The molecule has 7 heteroatoms. The molecule has 0 aliphatic carbocycles. The number of carbonyl (C=O) groups is 1. The molecule has 2 heterocycles. The van der Waals surface area contributed by atoms with E-state index in [1.54, 1.807) is 31.4 Å². The molecule has 1 saturated heterocycles. The number of methoxy groups -OCH3 is 1. The first kappa shape index (κ1) is 22.1. The first-order chi connectivity index (χ1) is 15.4. The van der Waals surface area contributed by atoms with Crippen molar-refractivity contribution in [2.75, 3.05) is 38.2 Å². The van der Waals surface area contributed by atoms with Crippen LogP contribution in [0, 0.1) is 13.8 Å². The number of piperazine rings is 1. The Labute approximate surface area is 193 Å². The molecule has 0 N–H and O–H groups in total. The van der Waals surface area contributed by atoms with E-state index >= 15 is 0 Å². The molecule has 1 aliphatic rings. The van der Waals surface area contributed by atoms with Crippen LogP contribution < -0.4 is 9.64 Å². The van der Waals surface area contributed by atoms with Gasteiger partial charge in [0.1, 0.15) is 17.4 Å². The van der Waals surface area contributed by atoms with Gasteiger partial charge in [-0.05, 0) is 55.8 Å². The summed E-state index contributed by atoms with van der Waals surface area (Å²) in [6.07, 6.45) is 0.725. The van der Waals surface area contributed by atoms with Gasteiger partial charge in [-0.3, -0.25) is 4.79 Å². The van der Waals surface area contributed by atoms with Gasteiger partial charge in [0.15, 0.2) is 0 Å². The summed E-state index contributed by atoms with van der Waals surface area (Å²) >= 11 is 5.95. The zero-order valence-electron chi connectivity index (χ0n) is 18.6. The van der Waals surface area contributed by atoms with Gasteiger partial charge in [0, 0.05) is 54.4 Å². The molecule has 1 amide bonds. The fourth-order valence-electron chi connectivity index (χ4n) is 4.07. The first-order valence-electron chi connectivity index (χ1n) is 10.7. The smallest absolute Gasteiger partial charge is 0.253 e. The zero-order valence-corrected chi connectivity index (χ0v) is 19.4. The van der Waals surface area contributed by atoms with E-state index in [4.69, 9.17) is 21.3 Å². The Balaban J connectivity index is 1.52. The lowest BCUT2D eigenvalue weighted by molar-refractivity contribution is 0.0746. The van der Waals surface area contributed by atoms with Gasteiger partial charge >= 0.3 is 0 Å². The Morgan fingerprint density at radius 3 is 2.44 bits per heavy atom. The minimum absolute atomic E-state index is 0.0352. The number of halogens is 1. The highest BCUT2D eigenvalue weighted by Gasteiger charge is 2.25. The molecule has 0 bridgehead atoms. The lowest BCUT2D eigenvalue weighted by atomic mass is 10.0. The molecule has 1 fully saturated rings. The van der Waals surface area contributed by atoms with Crippen LogP contribution in [-0.2, 0) is 6.42 Å². The van der Waals surface area contributed by atoms with Crippen molar-refractivity contribution < 1.29 is 9.53 Å². The molecule has 32 heavy (non-hydrogen) atoms. The summed E-state index contributed by atoms with van der Waals surface area (Å²) in [5, 5.41) is 0.629. The van der Waals surface area contributed by atoms with Crippen LogP contribution in [0.1, 0.15) is 33.0 Å². The molecule has 3 aromatic rings. The molecule has 1 aliphatic heterocycles. The Hall–Kier alpha value is -3.12. The second-order valence-corrected chi connectivity index (χ2v) is 8.41. The normalized spacial score (nSPS) is 13.9. The van der Waals surface area contributed by atoms with Crippen LogP contribution >= 0.6 is 11.6 Å². The van der Waals surface area contributed by atoms with Crippen molar-refractivity contribution in [3.05, 3.63) is 81.8 Å². The number of rotatable bonds is 5. The predicted octanol–water partition coefficient (Wildman–Crippen LogP) is 4.31. The number of aryl methyl sites for hydroxylation is 2. The second kappa shape index (κ2) is 9.57. The van der Waals surface area contributed by atoms with E-state index in [2.05, 4.69) is 16.0 Å². The van der Waals surface area contributed by atoms with Crippen LogP contribution in [0.25, 0.3) is 0 Å². The maximum atomic E-state index is 12.9. The van der Waals surface area contributed by atoms with Gasteiger partial charge in [0.2, 0.25) is 0 Å². The SMILES string of the molecule is COc1cccc(Cc2c(C)nc(C)nc2N2CCN(C(=O)c3ccc(Cl)cc3)CC2)c1. The Morgan fingerprint density at radius 2 is 1.75 bits per heavy atom. The minimum Gasteiger partial charge on any atom is -0.497 e. The van der Waals surface area contributed by atoms with E-state index in [-0.39, 0.29) is 5.91 Å². The van der Waals surface area contributed by atoms with Gasteiger partial charge in [-0.2, -0.15) is 0 Å². The molecule has 1 aromatic heterocycles. The summed E-state index contributed by atoms with van der Waals surface area (Å²) in [7, 11) is 1.68. The van der Waals surface area contributed by atoms with Gasteiger partial charge in [-0.1, -0.05) is 23.7 Å². The van der Waals surface area contributed by atoms with Crippen molar-refractivity contribution in [1.29, 1.82) is 0 Å². The number of nitrogens with zero attached hydrogens (tertiary/aromatic N) is 4. The fourth-order valence-corrected chi connectivity index (χ4v) is 4.20. The Bertz CT molecular complexity index is 1110. The number of carbonyl (C=O) groups excluding carboxylic acids is 1. The number of hydrogen-bond donors (Lipinski definition) is 0. The van der Waals surface area contributed by atoms with Crippen molar-refractivity contribution in [3.8, 4) is 5.75 Å². The summed E-state index contributed by atoms with van der Waals surface area (Å²) < 4.78 is 5.38. The number of amides is 1. The summed E-state index contributed by atoms with van der Waals surface area (Å²) in [6, 6.07) is 15.1. The number of aromatic nitrogens is 2. The highest BCUT2D eigenvalue weighted by Crippen LogP contribution is 2.26. The topological polar surface area (TPSA) is 58.6 Å². The average Bonchev–Trinajstić information content (AvgIpc) is 2.81. The molecule has 4 rings (SSSR count). The van der Waals surface area contributed by atoms with Gasteiger partial charge in [-0.15, -0.1) is 0 Å². The van der Waals surface area contributed by atoms with E-state index in [0.717, 1.165) is 53.7 Å². The standard InChI is InChI=1S/C25H27ClN4O2/c1-17-23(16-19-5-4-6-22(15-19)32-3)24(28-18(2)27-17)29-11-13-30(14-12-29)25(31)20-7-9-21(26)10-8-20/h4-10,15H,11-14,16H2,1-3H3. The van der Waals surface area contributed by atoms with Crippen molar-refractivity contribution in [3.63, 3.8) is 0 Å². The summed E-state index contributed by atoms with van der Waals surface area (Å²) in [5.74, 6) is 2.58. The number of benzene rings is 2. The quantitative estimate of drug-likeness (QED) is 0.579. The van der Waals surface area contributed by atoms with E-state index in [0.29, 0.717) is 23.7 Å². The molecule has 166 valence electrons. The molecule has 0 atom stereocenters. The molecule has 0 unspecified atom stereocenters. The van der Waals surface area contributed by atoms with Crippen molar-refractivity contribution in [1.82, 2.24) is 14.9 Å². The predicted molar refractivity (Wildman–Crippen MR) is 127 cm³/mol.